The first-order chi connectivity index (χ1) is 8.84. The molecule has 106 valence electrons. The van der Waals surface area contributed by atoms with Crippen molar-refractivity contribution in [1.29, 1.82) is 0 Å². The maximum absolute atomic E-state index is 11.9. The summed E-state index contributed by atoms with van der Waals surface area (Å²) < 4.78 is 0. The number of nitrogens with one attached hydrogen (secondary N) is 1. The molecule has 0 radical (unpaired) electrons. The minimum absolute atomic E-state index is 0.102. The van der Waals surface area contributed by atoms with E-state index in [4.69, 9.17) is 28.3 Å². The fraction of sp³-hybridized carbons (Fsp3) is 0.500. The SMILES string of the molecule is CC(C)(CCO)CNC(=O)Cc1cc(Cl)ccc1Cl. The predicted molar refractivity (Wildman–Crippen MR) is 78.7 cm³/mol. The molecule has 2 N–H and O–H groups in total. The van der Waals surface area contributed by atoms with Gasteiger partial charge in [0.05, 0.1) is 6.42 Å². The van der Waals surface area contributed by atoms with E-state index in [1.165, 1.54) is 0 Å². The fourth-order valence-corrected chi connectivity index (χ4v) is 2.02. The van der Waals surface area contributed by atoms with Gasteiger partial charge in [-0.3, -0.25) is 4.79 Å². The van der Waals surface area contributed by atoms with Crippen LogP contribution < -0.4 is 5.32 Å². The van der Waals surface area contributed by atoms with Gasteiger partial charge in [-0.2, -0.15) is 0 Å². The standard InChI is InChI=1S/C14H19Cl2NO2/c1-14(2,5-6-18)9-17-13(19)8-10-7-11(15)3-4-12(10)16/h3-4,7,18H,5-6,8-9H2,1-2H3,(H,17,19). The molecule has 0 saturated heterocycles. The molecule has 0 fully saturated rings. The van der Waals surface area contributed by atoms with E-state index < -0.39 is 0 Å². The van der Waals surface area contributed by atoms with E-state index in [0.29, 0.717) is 28.6 Å². The molecule has 0 unspecified atom stereocenters. The molecule has 1 aromatic carbocycles. The molecule has 0 bridgehead atoms. The van der Waals surface area contributed by atoms with Gasteiger partial charge in [-0.25, -0.2) is 0 Å². The molecule has 1 amide bonds. The molecule has 0 saturated carbocycles. The Morgan fingerprint density at radius 1 is 1.37 bits per heavy atom. The summed E-state index contributed by atoms with van der Waals surface area (Å²) in [5.41, 5.74) is 0.592. The summed E-state index contributed by atoms with van der Waals surface area (Å²) in [5.74, 6) is -0.102. The van der Waals surface area contributed by atoms with Gasteiger partial charge in [0.15, 0.2) is 0 Å². The Balaban J connectivity index is 2.54. The van der Waals surface area contributed by atoms with E-state index in [-0.39, 0.29) is 24.3 Å². The van der Waals surface area contributed by atoms with Crippen LogP contribution in [0.4, 0.5) is 0 Å². The van der Waals surface area contributed by atoms with Crippen molar-refractivity contribution in [3.05, 3.63) is 33.8 Å². The number of hydrogen-bond acceptors (Lipinski definition) is 2. The van der Waals surface area contributed by atoms with Crippen LogP contribution in [0, 0.1) is 5.41 Å². The average molecular weight is 304 g/mol. The number of benzene rings is 1. The lowest BCUT2D eigenvalue weighted by Gasteiger charge is -2.23. The first-order valence-electron chi connectivity index (χ1n) is 6.15. The predicted octanol–water partition coefficient (Wildman–Crippen LogP) is 3.06. The highest BCUT2D eigenvalue weighted by atomic mass is 35.5. The van der Waals surface area contributed by atoms with Gasteiger partial charge in [-0.15, -0.1) is 0 Å². The minimum Gasteiger partial charge on any atom is -0.396 e. The smallest absolute Gasteiger partial charge is 0.224 e. The zero-order valence-electron chi connectivity index (χ0n) is 11.2. The highest BCUT2D eigenvalue weighted by Crippen LogP contribution is 2.21. The Morgan fingerprint density at radius 2 is 2.05 bits per heavy atom. The molecule has 0 aliphatic rings. The normalized spacial score (nSPS) is 11.4. The molecule has 0 heterocycles. The van der Waals surface area contributed by atoms with Gasteiger partial charge in [0, 0.05) is 23.2 Å². The highest BCUT2D eigenvalue weighted by Gasteiger charge is 2.18. The molecule has 0 aromatic heterocycles. The first-order valence-corrected chi connectivity index (χ1v) is 6.91. The number of carbonyl (C=O) groups is 1. The van der Waals surface area contributed by atoms with Crippen LogP contribution in [0.15, 0.2) is 18.2 Å². The molecule has 1 aromatic rings. The summed E-state index contributed by atoms with van der Waals surface area (Å²) in [6.07, 6.45) is 0.847. The summed E-state index contributed by atoms with van der Waals surface area (Å²) in [5, 5.41) is 12.9. The molecule has 3 nitrogen and oxygen atoms in total. The van der Waals surface area contributed by atoms with Gasteiger partial charge in [-0.05, 0) is 35.6 Å². The van der Waals surface area contributed by atoms with Crippen molar-refractivity contribution in [3.63, 3.8) is 0 Å². The topological polar surface area (TPSA) is 49.3 Å². The maximum atomic E-state index is 11.9. The molecule has 0 atom stereocenters. The van der Waals surface area contributed by atoms with Crippen LogP contribution in [-0.4, -0.2) is 24.2 Å². The monoisotopic (exact) mass is 303 g/mol. The third-order valence-electron chi connectivity index (χ3n) is 2.91. The summed E-state index contributed by atoms with van der Waals surface area (Å²) in [4.78, 5) is 11.9. The number of aliphatic hydroxyl groups is 1. The van der Waals surface area contributed by atoms with Crippen LogP contribution in [0.2, 0.25) is 10.0 Å². The Labute approximate surface area is 123 Å². The fourth-order valence-electron chi connectivity index (χ4n) is 1.64. The average Bonchev–Trinajstić information content (AvgIpc) is 2.31. The molecule has 0 spiro atoms. The first kappa shape index (κ1) is 16.3. The van der Waals surface area contributed by atoms with Crippen molar-refractivity contribution in [2.45, 2.75) is 26.7 Å². The van der Waals surface area contributed by atoms with Crippen LogP contribution in [0.25, 0.3) is 0 Å². The van der Waals surface area contributed by atoms with E-state index in [1.807, 2.05) is 13.8 Å². The van der Waals surface area contributed by atoms with Crippen LogP contribution in [0.3, 0.4) is 0 Å². The van der Waals surface area contributed by atoms with Crippen LogP contribution in [-0.2, 0) is 11.2 Å². The van der Waals surface area contributed by atoms with Gasteiger partial charge in [0.25, 0.3) is 0 Å². The number of amides is 1. The van der Waals surface area contributed by atoms with Gasteiger partial charge in [-0.1, -0.05) is 37.0 Å². The zero-order chi connectivity index (χ0) is 14.5. The maximum Gasteiger partial charge on any atom is 0.224 e. The van der Waals surface area contributed by atoms with Gasteiger partial charge < -0.3 is 10.4 Å². The van der Waals surface area contributed by atoms with Crippen LogP contribution in [0.5, 0.6) is 0 Å². The zero-order valence-corrected chi connectivity index (χ0v) is 12.7. The van der Waals surface area contributed by atoms with Crippen molar-refractivity contribution in [3.8, 4) is 0 Å². The van der Waals surface area contributed by atoms with Crippen LogP contribution >= 0.6 is 23.2 Å². The highest BCUT2D eigenvalue weighted by molar-refractivity contribution is 6.33. The number of carbonyl (C=O) groups excluding carboxylic acids is 1. The molecule has 0 aliphatic heterocycles. The van der Waals surface area contributed by atoms with E-state index in [1.54, 1.807) is 18.2 Å². The molecular weight excluding hydrogens is 285 g/mol. The van der Waals surface area contributed by atoms with E-state index >= 15 is 0 Å². The van der Waals surface area contributed by atoms with Gasteiger partial charge in [0.2, 0.25) is 5.91 Å². The van der Waals surface area contributed by atoms with E-state index in [9.17, 15) is 4.79 Å². The third kappa shape index (κ3) is 5.81. The van der Waals surface area contributed by atoms with Crippen molar-refractivity contribution in [2.24, 2.45) is 5.41 Å². The Kier molecular flexibility index (Phi) is 6.11. The van der Waals surface area contributed by atoms with E-state index in [2.05, 4.69) is 5.32 Å². The number of halogens is 2. The lowest BCUT2D eigenvalue weighted by Crippen LogP contribution is -2.35. The molecule has 0 aliphatic carbocycles. The summed E-state index contributed by atoms with van der Waals surface area (Å²) in [7, 11) is 0. The Bertz CT molecular complexity index is 447. The second-order valence-corrected chi connectivity index (χ2v) is 6.17. The van der Waals surface area contributed by atoms with Crippen LogP contribution in [0.1, 0.15) is 25.8 Å². The van der Waals surface area contributed by atoms with Crippen molar-refractivity contribution in [2.75, 3.05) is 13.2 Å². The third-order valence-corrected chi connectivity index (χ3v) is 3.52. The lowest BCUT2D eigenvalue weighted by molar-refractivity contribution is -0.120. The van der Waals surface area contributed by atoms with E-state index in [0.717, 1.165) is 0 Å². The molecule has 1 rings (SSSR count). The summed E-state index contributed by atoms with van der Waals surface area (Å²) in [6, 6.07) is 5.07. The molecule has 19 heavy (non-hydrogen) atoms. The van der Waals surface area contributed by atoms with Gasteiger partial charge in [0.1, 0.15) is 0 Å². The second-order valence-electron chi connectivity index (χ2n) is 5.33. The number of rotatable bonds is 6. The quantitative estimate of drug-likeness (QED) is 0.848. The number of aliphatic hydroxyl groups excluding tert-OH is 1. The van der Waals surface area contributed by atoms with Crippen molar-refractivity contribution >= 4 is 29.1 Å². The summed E-state index contributed by atoms with van der Waals surface area (Å²) in [6.45, 7) is 4.62. The van der Waals surface area contributed by atoms with Crippen molar-refractivity contribution in [1.82, 2.24) is 5.32 Å². The second kappa shape index (κ2) is 7.13. The molecule has 5 heteroatoms. The van der Waals surface area contributed by atoms with Gasteiger partial charge >= 0.3 is 0 Å². The minimum atomic E-state index is -0.122. The largest absolute Gasteiger partial charge is 0.396 e. The molecular formula is C14H19Cl2NO2. The Morgan fingerprint density at radius 3 is 2.68 bits per heavy atom. The summed E-state index contributed by atoms with van der Waals surface area (Å²) >= 11 is 11.9. The lowest BCUT2D eigenvalue weighted by atomic mass is 9.89. The van der Waals surface area contributed by atoms with Crippen molar-refractivity contribution < 1.29 is 9.90 Å². The number of hydrogen-bond donors (Lipinski definition) is 2. The Hall–Kier alpha value is -0.770.